The molecule has 142 valence electrons. The maximum Gasteiger partial charge on any atom is 0.279 e. The number of halogens is 1. The van der Waals surface area contributed by atoms with Crippen LogP contribution in [0.3, 0.4) is 0 Å². The van der Waals surface area contributed by atoms with E-state index in [4.69, 9.17) is 11.6 Å². The van der Waals surface area contributed by atoms with E-state index in [9.17, 15) is 9.59 Å². The van der Waals surface area contributed by atoms with Gasteiger partial charge in [0.05, 0.1) is 13.1 Å². The SMILES string of the molecule is Cc1cc(Cl)ccc1NC(=O)C[NH+]1CCC(C(=O)Nc2ccccc2)CC1. The number of para-hydroxylation sites is 1. The molecule has 1 fully saturated rings. The Hall–Kier alpha value is -2.37. The predicted octanol–water partition coefficient (Wildman–Crippen LogP) is 2.52. The highest BCUT2D eigenvalue weighted by molar-refractivity contribution is 6.30. The summed E-state index contributed by atoms with van der Waals surface area (Å²) in [4.78, 5) is 25.9. The number of aryl methyl sites for hydroxylation is 1. The normalized spacial score (nSPS) is 19.3. The number of anilines is 2. The van der Waals surface area contributed by atoms with Gasteiger partial charge in [-0.2, -0.15) is 0 Å². The Bertz CT molecular complexity index is 802. The number of hydrogen-bond acceptors (Lipinski definition) is 2. The minimum absolute atomic E-state index is 0.00975. The van der Waals surface area contributed by atoms with Crippen molar-refractivity contribution in [3.8, 4) is 0 Å². The lowest BCUT2D eigenvalue weighted by Crippen LogP contribution is -3.14. The number of quaternary nitrogens is 1. The molecule has 3 rings (SSSR count). The molecule has 2 amide bonds. The molecule has 5 nitrogen and oxygen atoms in total. The Labute approximate surface area is 164 Å². The van der Waals surface area contributed by atoms with E-state index in [1.807, 2.05) is 49.4 Å². The summed E-state index contributed by atoms with van der Waals surface area (Å²) in [6, 6.07) is 14.9. The van der Waals surface area contributed by atoms with Crippen LogP contribution in [0.15, 0.2) is 48.5 Å². The fraction of sp³-hybridized carbons (Fsp3) is 0.333. The Morgan fingerprint density at radius 1 is 1.07 bits per heavy atom. The molecule has 0 bridgehead atoms. The van der Waals surface area contributed by atoms with E-state index in [0.717, 1.165) is 42.9 Å². The quantitative estimate of drug-likeness (QED) is 0.739. The van der Waals surface area contributed by atoms with Gasteiger partial charge >= 0.3 is 0 Å². The number of piperidine rings is 1. The van der Waals surface area contributed by atoms with Gasteiger partial charge in [-0.3, -0.25) is 9.59 Å². The molecule has 2 aromatic carbocycles. The van der Waals surface area contributed by atoms with E-state index >= 15 is 0 Å². The number of nitrogens with one attached hydrogen (secondary N) is 3. The van der Waals surface area contributed by atoms with Crippen LogP contribution in [0, 0.1) is 12.8 Å². The molecule has 0 unspecified atom stereocenters. The van der Waals surface area contributed by atoms with Gasteiger partial charge in [-0.15, -0.1) is 0 Å². The van der Waals surface area contributed by atoms with Gasteiger partial charge in [-0.05, 0) is 42.8 Å². The summed E-state index contributed by atoms with van der Waals surface area (Å²) in [5.41, 5.74) is 2.57. The molecule has 6 heteroatoms. The van der Waals surface area contributed by atoms with Crippen LogP contribution in [0.5, 0.6) is 0 Å². The highest BCUT2D eigenvalue weighted by Gasteiger charge is 2.28. The maximum atomic E-state index is 12.4. The second-order valence-electron chi connectivity index (χ2n) is 7.06. The topological polar surface area (TPSA) is 62.6 Å². The van der Waals surface area contributed by atoms with Gasteiger partial charge < -0.3 is 15.5 Å². The number of hydrogen-bond donors (Lipinski definition) is 3. The third kappa shape index (κ3) is 5.55. The summed E-state index contributed by atoms with van der Waals surface area (Å²) < 4.78 is 0. The molecule has 1 aliphatic heterocycles. The number of benzene rings is 2. The number of rotatable bonds is 5. The van der Waals surface area contributed by atoms with Crippen LogP contribution in [0.25, 0.3) is 0 Å². The van der Waals surface area contributed by atoms with E-state index in [2.05, 4.69) is 10.6 Å². The van der Waals surface area contributed by atoms with Crippen molar-refractivity contribution in [3.63, 3.8) is 0 Å². The molecule has 1 heterocycles. The third-order valence-corrected chi connectivity index (χ3v) is 5.21. The lowest BCUT2D eigenvalue weighted by molar-refractivity contribution is -0.897. The monoisotopic (exact) mass is 386 g/mol. The number of amides is 2. The van der Waals surface area contributed by atoms with Gasteiger partial charge in [0.1, 0.15) is 0 Å². The van der Waals surface area contributed by atoms with Crippen molar-refractivity contribution >= 4 is 34.8 Å². The number of carbonyl (C=O) groups excluding carboxylic acids is 2. The Kier molecular flexibility index (Phi) is 6.48. The summed E-state index contributed by atoms with van der Waals surface area (Å²) in [6.07, 6.45) is 1.59. The summed E-state index contributed by atoms with van der Waals surface area (Å²) in [7, 11) is 0. The van der Waals surface area contributed by atoms with E-state index < -0.39 is 0 Å². The lowest BCUT2D eigenvalue weighted by Gasteiger charge is -2.28. The van der Waals surface area contributed by atoms with Crippen molar-refractivity contribution in [2.45, 2.75) is 19.8 Å². The molecule has 0 spiro atoms. The molecular weight excluding hydrogens is 362 g/mol. The van der Waals surface area contributed by atoms with Crippen LogP contribution in [-0.4, -0.2) is 31.4 Å². The summed E-state index contributed by atoms with van der Waals surface area (Å²) >= 11 is 5.95. The van der Waals surface area contributed by atoms with Crippen LogP contribution >= 0.6 is 11.6 Å². The Balaban J connectivity index is 1.45. The summed E-state index contributed by atoms with van der Waals surface area (Å²) in [5.74, 6) is 0.0691. The van der Waals surface area contributed by atoms with Crippen molar-refractivity contribution in [2.24, 2.45) is 5.92 Å². The van der Waals surface area contributed by atoms with Crippen molar-refractivity contribution in [1.29, 1.82) is 0 Å². The second kappa shape index (κ2) is 9.02. The van der Waals surface area contributed by atoms with Crippen LogP contribution in [0.4, 0.5) is 11.4 Å². The van der Waals surface area contributed by atoms with Crippen LogP contribution in [0.2, 0.25) is 5.02 Å². The first-order valence-electron chi connectivity index (χ1n) is 9.27. The zero-order valence-corrected chi connectivity index (χ0v) is 16.2. The first kappa shape index (κ1) is 19.4. The Morgan fingerprint density at radius 3 is 2.44 bits per heavy atom. The molecule has 27 heavy (non-hydrogen) atoms. The maximum absolute atomic E-state index is 12.4. The lowest BCUT2D eigenvalue weighted by atomic mass is 9.96. The van der Waals surface area contributed by atoms with Crippen LogP contribution < -0.4 is 15.5 Å². The van der Waals surface area contributed by atoms with Crippen LogP contribution in [0.1, 0.15) is 18.4 Å². The summed E-state index contributed by atoms with van der Waals surface area (Å²) in [5, 5.41) is 6.59. The standard InChI is InChI=1S/C21H24ClN3O2/c1-15-13-17(22)7-8-19(15)24-20(26)14-25-11-9-16(10-12-25)21(27)23-18-5-3-2-4-6-18/h2-8,13,16H,9-12,14H2,1H3,(H,23,27)(H,24,26)/p+1. The van der Waals surface area contributed by atoms with E-state index in [1.54, 1.807) is 6.07 Å². The Morgan fingerprint density at radius 2 is 1.78 bits per heavy atom. The third-order valence-electron chi connectivity index (χ3n) is 4.98. The molecule has 0 atom stereocenters. The van der Waals surface area contributed by atoms with Crippen LogP contribution in [-0.2, 0) is 9.59 Å². The highest BCUT2D eigenvalue weighted by Crippen LogP contribution is 2.19. The molecular formula is C21H25ClN3O2+. The first-order chi connectivity index (χ1) is 13.0. The van der Waals surface area contributed by atoms with Crippen molar-refractivity contribution in [3.05, 3.63) is 59.1 Å². The van der Waals surface area contributed by atoms with E-state index in [1.165, 1.54) is 4.90 Å². The minimum Gasteiger partial charge on any atom is -0.327 e. The van der Waals surface area contributed by atoms with Gasteiger partial charge in [0.25, 0.3) is 5.91 Å². The van der Waals surface area contributed by atoms with E-state index in [0.29, 0.717) is 11.6 Å². The molecule has 1 aliphatic rings. The average molecular weight is 387 g/mol. The van der Waals surface area contributed by atoms with Crippen molar-refractivity contribution in [1.82, 2.24) is 0 Å². The van der Waals surface area contributed by atoms with Gasteiger partial charge in [0.15, 0.2) is 6.54 Å². The van der Waals surface area contributed by atoms with E-state index in [-0.39, 0.29) is 17.7 Å². The van der Waals surface area contributed by atoms with Crippen molar-refractivity contribution in [2.75, 3.05) is 30.3 Å². The molecule has 1 saturated heterocycles. The molecule has 3 N–H and O–H groups in total. The number of carbonyl (C=O) groups is 2. The largest absolute Gasteiger partial charge is 0.327 e. The highest BCUT2D eigenvalue weighted by atomic mass is 35.5. The zero-order valence-electron chi connectivity index (χ0n) is 15.4. The van der Waals surface area contributed by atoms with Gasteiger partial charge in [-0.1, -0.05) is 29.8 Å². The fourth-order valence-corrected chi connectivity index (χ4v) is 3.65. The van der Waals surface area contributed by atoms with Gasteiger partial charge in [0.2, 0.25) is 5.91 Å². The zero-order chi connectivity index (χ0) is 19.2. The molecule has 0 aliphatic carbocycles. The predicted molar refractivity (Wildman–Crippen MR) is 108 cm³/mol. The molecule has 2 aromatic rings. The fourth-order valence-electron chi connectivity index (χ4n) is 3.42. The van der Waals surface area contributed by atoms with Gasteiger partial charge in [0, 0.05) is 35.2 Å². The minimum atomic E-state index is -0.0115. The summed E-state index contributed by atoms with van der Waals surface area (Å²) in [6.45, 7) is 3.97. The van der Waals surface area contributed by atoms with Gasteiger partial charge in [-0.25, -0.2) is 0 Å². The molecule has 0 aromatic heterocycles. The molecule has 0 radical (unpaired) electrons. The number of likely N-dealkylation sites (tertiary alicyclic amines) is 1. The van der Waals surface area contributed by atoms with Crippen molar-refractivity contribution < 1.29 is 14.5 Å². The smallest absolute Gasteiger partial charge is 0.279 e. The molecule has 0 saturated carbocycles. The first-order valence-corrected chi connectivity index (χ1v) is 9.64. The average Bonchev–Trinajstić information content (AvgIpc) is 2.65. The second-order valence-corrected chi connectivity index (χ2v) is 7.50.